The summed E-state index contributed by atoms with van der Waals surface area (Å²) in [5.74, 6) is -1.51. The summed E-state index contributed by atoms with van der Waals surface area (Å²) in [5.41, 5.74) is 3.77. The van der Waals surface area contributed by atoms with E-state index in [1.54, 1.807) is 30.3 Å². The van der Waals surface area contributed by atoms with Crippen molar-refractivity contribution in [2.75, 3.05) is 5.32 Å². The molecule has 0 aliphatic rings. The highest BCUT2D eigenvalue weighted by molar-refractivity contribution is 9.10. The molecule has 150 valence electrons. The van der Waals surface area contributed by atoms with Gasteiger partial charge in [-0.3, -0.25) is 4.79 Å². The number of aryl methyl sites for hydroxylation is 1. The first-order chi connectivity index (χ1) is 14.3. The minimum Gasteiger partial charge on any atom is -0.478 e. The van der Waals surface area contributed by atoms with Gasteiger partial charge in [0.1, 0.15) is 11.6 Å². The molecule has 0 atom stereocenters. The van der Waals surface area contributed by atoms with Gasteiger partial charge in [-0.15, -0.1) is 0 Å². The fourth-order valence-corrected chi connectivity index (χ4v) is 3.58. The predicted octanol–water partition coefficient (Wildman–Crippen LogP) is 5.10. The Labute approximate surface area is 182 Å². The number of aromatic nitrogens is 1. The minimum atomic E-state index is -1.00. The Kier molecular flexibility index (Phi) is 6.19. The Balaban J connectivity index is 1.96. The number of benzene rings is 2. The van der Waals surface area contributed by atoms with Gasteiger partial charge in [0, 0.05) is 27.2 Å². The molecule has 3 aromatic rings. The number of nitrogens with zero attached hydrogens (tertiary/aromatic N) is 2. The standard InChI is InChI=1S/C23H18BrN3O3/c1-14-9-17(15(2)27(14)21-8-3-5-16(11-21)23(29)30)10-18(13-25)22(28)26-20-7-4-6-19(24)12-20/h3-12H,1-2H3,(H,26,28)(H,29,30). The van der Waals surface area contributed by atoms with Crippen molar-refractivity contribution in [1.29, 1.82) is 5.26 Å². The average molecular weight is 464 g/mol. The van der Waals surface area contributed by atoms with Crippen LogP contribution in [0.4, 0.5) is 5.69 Å². The van der Waals surface area contributed by atoms with Gasteiger partial charge in [0.05, 0.1) is 5.56 Å². The van der Waals surface area contributed by atoms with Crippen LogP contribution in [0.3, 0.4) is 0 Å². The van der Waals surface area contributed by atoms with Gasteiger partial charge in [-0.2, -0.15) is 5.26 Å². The van der Waals surface area contributed by atoms with Crippen molar-refractivity contribution in [1.82, 2.24) is 4.57 Å². The summed E-state index contributed by atoms with van der Waals surface area (Å²) in [6.45, 7) is 3.73. The summed E-state index contributed by atoms with van der Waals surface area (Å²) in [5, 5.41) is 21.5. The zero-order chi connectivity index (χ0) is 21.8. The minimum absolute atomic E-state index is 0.0329. The van der Waals surface area contributed by atoms with Crippen LogP contribution in [-0.2, 0) is 4.79 Å². The second-order valence-corrected chi connectivity index (χ2v) is 7.57. The summed E-state index contributed by atoms with van der Waals surface area (Å²) in [4.78, 5) is 23.9. The fourth-order valence-electron chi connectivity index (χ4n) is 3.18. The molecule has 7 heteroatoms. The largest absolute Gasteiger partial charge is 0.478 e. The van der Waals surface area contributed by atoms with E-state index >= 15 is 0 Å². The van der Waals surface area contributed by atoms with Gasteiger partial charge in [-0.1, -0.05) is 28.1 Å². The summed E-state index contributed by atoms with van der Waals surface area (Å²) >= 11 is 3.35. The number of nitriles is 1. The second-order valence-electron chi connectivity index (χ2n) is 6.65. The monoisotopic (exact) mass is 463 g/mol. The summed E-state index contributed by atoms with van der Waals surface area (Å²) < 4.78 is 2.70. The number of anilines is 1. The molecule has 0 saturated heterocycles. The first-order valence-corrected chi connectivity index (χ1v) is 9.81. The maximum absolute atomic E-state index is 12.6. The van der Waals surface area contributed by atoms with Crippen LogP contribution in [0.15, 0.2) is 64.6 Å². The Morgan fingerprint density at radius 1 is 1.13 bits per heavy atom. The fraction of sp³-hybridized carbons (Fsp3) is 0.0870. The molecular weight excluding hydrogens is 446 g/mol. The number of amides is 1. The molecule has 0 radical (unpaired) electrons. The molecule has 0 saturated carbocycles. The summed E-state index contributed by atoms with van der Waals surface area (Å²) in [6.07, 6.45) is 1.53. The van der Waals surface area contributed by atoms with Gasteiger partial charge in [0.25, 0.3) is 5.91 Å². The van der Waals surface area contributed by atoms with E-state index in [1.165, 1.54) is 12.1 Å². The normalized spacial score (nSPS) is 11.1. The quantitative estimate of drug-likeness (QED) is 0.406. The van der Waals surface area contributed by atoms with Crippen molar-refractivity contribution in [3.63, 3.8) is 0 Å². The first kappa shape index (κ1) is 21.1. The molecule has 0 fully saturated rings. The number of carbonyl (C=O) groups excluding carboxylic acids is 1. The molecule has 1 amide bonds. The van der Waals surface area contributed by atoms with Crippen molar-refractivity contribution in [2.24, 2.45) is 0 Å². The van der Waals surface area contributed by atoms with Crippen molar-refractivity contribution in [3.8, 4) is 11.8 Å². The average Bonchev–Trinajstić information content (AvgIpc) is 2.99. The third kappa shape index (κ3) is 4.50. The number of halogens is 1. The maximum atomic E-state index is 12.6. The summed E-state index contributed by atoms with van der Waals surface area (Å²) in [7, 11) is 0. The molecule has 2 N–H and O–H groups in total. The molecule has 3 rings (SSSR count). The molecule has 0 spiro atoms. The van der Waals surface area contributed by atoms with Gasteiger partial charge in [0.15, 0.2) is 0 Å². The van der Waals surface area contributed by atoms with Crippen molar-refractivity contribution in [3.05, 3.63) is 87.2 Å². The molecule has 0 unspecified atom stereocenters. The Hall–Kier alpha value is -3.63. The number of carbonyl (C=O) groups is 2. The zero-order valence-electron chi connectivity index (χ0n) is 16.3. The molecule has 0 aliphatic heterocycles. The molecule has 0 aliphatic carbocycles. The highest BCUT2D eigenvalue weighted by atomic mass is 79.9. The van der Waals surface area contributed by atoms with Crippen LogP contribution in [0.1, 0.15) is 27.3 Å². The van der Waals surface area contributed by atoms with Crippen LogP contribution in [0.2, 0.25) is 0 Å². The lowest BCUT2D eigenvalue weighted by molar-refractivity contribution is -0.112. The van der Waals surface area contributed by atoms with Gasteiger partial charge >= 0.3 is 5.97 Å². The number of hydrogen-bond donors (Lipinski definition) is 2. The number of carboxylic acids is 1. The number of nitrogens with one attached hydrogen (secondary N) is 1. The van der Waals surface area contributed by atoms with E-state index < -0.39 is 11.9 Å². The number of aromatic carboxylic acids is 1. The molecular formula is C23H18BrN3O3. The van der Waals surface area contributed by atoms with Gasteiger partial charge in [-0.25, -0.2) is 4.79 Å². The van der Waals surface area contributed by atoms with Crippen LogP contribution in [0.5, 0.6) is 0 Å². The Morgan fingerprint density at radius 3 is 2.53 bits per heavy atom. The third-order valence-electron chi connectivity index (χ3n) is 4.57. The van der Waals surface area contributed by atoms with E-state index in [9.17, 15) is 20.0 Å². The van der Waals surface area contributed by atoms with Crippen molar-refractivity contribution >= 4 is 39.6 Å². The van der Waals surface area contributed by atoms with E-state index in [-0.39, 0.29) is 11.1 Å². The second kappa shape index (κ2) is 8.80. The SMILES string of the molecule is Cc1cc(C=C(C#N)C(=O)Nc2cccc(Br)c2)c(C)n1-c1cccc(C(=O)O)c1. The van der Waals surface area contributed by atoms with E-state index in [0.29, 0.717) is 16.9 Å². The third-order valence-corrected chi connectivity index (χ3v) is 5.06. The van der Waals surface area contributed by atoms with E-state index in [2.05, 4.69) is 21.2 Å². The smallest absolute Gasteiger partial charge is 0.335 e. The van der Waals surface area contributed by atoms with Crippen molar-refractivity contribution in [2.45, 2.75) is 13.8 Å². The lowest BCUT2D eigenvalue weighted by Crippen LogP contribution is -2.13. The molecule has 2 aromatic carbocycles. The maximum Gasteiger partial charge on any atom is 0.335 e. The van der Waals surface area contributed by atoms with Gasteiger partial charge < -0.3 is 15.0 Å². The number of carboxylic acid groups (broad SMARTS) is 1. The van der Waals surface area contributed by atoms with Crippen LogP contribution in [0.25, 0.3) is 11.8 Å². The number of rotatable bonds is 5. The highest BCUT2D eigenvalue weighted by Crippen LogP contribution is 2.24. The molecule has 6 nitrogen and oxygen atoms in total. The van der Waals surface area contributed by atoms with E-state index in [0.717, 1.165) is 15.9 Å². The lowest BCUT2D eigenvalue weighted by Gasteiger charge is -2.10. The Morgan fingerprint density at radius 2 is 1.87 bits per heavy atom. The molecule has 1 aromatic heterocycles. The lowest BCUT2D eigenvalue weighted by atomic mass is 10.1. The first-order valence-electron chi connectivity index (χ1n) is 9.01. The zero-order valence-corrected chi connectivity index (χ0v) is 17.9. The van der Waals surface area contributed by atoms with Crippen LogP contribution in [0, 0.1) is 25.2 Å². The van der Waals surface area contributed by atoms with Gasteiger partial charge in [0.2, 0.25) is 0 Å². The van der Waals surface area contributed by atoms with Crippen LogP contribution >= 0.6 is 15.9 Å². The molecule has 30 heavy (non-hydrogen) atoms. The number of hydrogen-bond acceptors (Lipinski definition) is 3. The topological polar surface area (TPSA) is 95.1 Å². The van der Waals surface area contributed by atoms with Crippen LogP contribution in [-0.4, -0.2) is 21.6 Å². The van der Waals surface area contributed by atoms with Gasteiger partial charge in [-0.05, 0) is 68.0 Å². The predicted molar refractivity (Wildman–Crippen MR) is 119 cm³/mol. The summed E-state index contributed by atoms with van der Waals surface area (Å²) in [6, 6.07) is 17.5. The highest BCUT2D eigenvalue weighted by Gasteiger charge is 2.15. The molecule has 0 bridgehead atoms. The molecule has 1 heterocycles. The Bertz CT molecular complexity index is 1220. The van der Waals surface area contributed by atoms with Crippen LogP contribution < -0.4 is 5.32 Å². The van der Waals surface area contributed by atoms with E-state index in [4.69, 9.17) is 0 Å². The van der Waals surface area contributed by atoms with Crippen molar-refractivity contribution < 1.29 is 14.7 Å². The van der Waals surface area contributed by atoms with E-state index in [1.807, 2.05) is 42.7 Å².